The van der Waals surface area contributed by atoms with E-state index in [0.29, 0.717) is 47.7 Å². The Labute approximate surface area is 166 Å². The van der Waals surface area contributed by atoms with Crippen LogP contribution in [0.2, 0.25) is 0 Å². The van der Waals surface area contributed by atoms with Crippen LogP contribution in [0.15, 0.2) is 52.4 Å². The van der Waals surface area contributed by atoms with Crippen molar-refractivity contribution in [3.63, 3.8) is 0 Å². The number of hydrogen-bond acceptors (Lipinski definition) is 6. The van der Waals surface area contributed by atoms with Crippen molar-refractivity contribution in [2.24, 2.45) is 5.10 Å². The van der Waals surface area contributed by atoms with Crippen LogP contribution in [0.4, 0.5) is 0 Å². The molecular weight excluding hydrogens is 372 g/mol. The summed E-state index contributed by atoms with van der Waals surface area (Å²) < 4.78 is 12.4. The molecule has 8 nitrogen and oxygen atoms in total. The summed E-state index contributed by atoms with van der Waals surface area (Å²) in [5.41, 5.74) is 3.86. The molecule has 8 heteroatoms. The van der Waals surface area contributed by atoms with Gasteiger partial charge in [0.2, 0.25) is 0 Å². The maximum Gasteiger partial charge on any atom is 0.292 e. The van der Waals surface area contributed by atoms with Gasteiger partial charge in [0.15, 0.2) is 17.2 Å². The fraction of sp³-hybridized carbons (Fsp3) is 0.238. The Morgan fingerprint density at radius 1 is 1.14 bits per heavy atom. The second-order valence-electron chi connectivity index (χ2n) is 6.51. The molecule has 1 N–H and O–H groups in total. The van der Waals surface area contributed by atoms with E-state index >= 15 is 0 Å². The third-order valence-corrected chi connectivity index (χ3v) is 4.67. The lowest BCUT2D eigenvalue weighted by Crippen LogP contribution is -2.28. The van der Waals surface area contributed by atoms with E-state index in [0.717, 1.165) is 5.56 Å². The normalized spacial score (nSPS) is 13.4. The number of nitrogens with zero attached hydrogens (tertiary/aromatic N) is 3. The van der Waals surface area contributed by atoms with Crippen LogP contribution < -0.4 is 20.5 Å². The summed E-state index contributed by atoms with van der Waals surface area (Å²) in [6.45, 7) is 4.97. The fourth-order valence-electron chi connectivity index (χ4n) is 3.14. The van der Waals surface area contributed by atoms with E-state index in [1.807, 2.05) is 18.2 Å². The molecular formula is C21H20N4O4. The van der Waals surface area contributed by atoms with E-state index in [9.17, 15) is 9.59 Å². The van der Waals surface area contributed by atoms with Crippen molar-refractivity contribution < 1.29 is 14.3 Å². The number of aryl methyl sites for hydroxylation is 1. The molecule has 0 saturated carbocycles. The molecule has 0 spiro atoms. The zero-order valence-corrected chi connectivity index (χ0v) is 16.1. The van der Waals surface area contributed by atoms with Gasteiger partial charge >= 0.3 is 0 Å². The Morgan fingerprint density at radius 3 is 2.62 bits per heavy atom. The van der Waals surface area contributed by atoms with Crippen molar-refractivity contribution in [3.8, 4) is 11.5 Å². The minimum atomic E-state index is -0.486. The van der Waals surface area contributed by atoms with E-state index in [1.165, 1.54) is 4.68 Å². The van der Waals surface area contributed by atoms with Gasteiger partial charge in [-0.3, -0.25) is 9.59 Å². The third-order valence-electron chi connectivity index (χ3n) is 4.67. The summed E-state index contributed by atoms with van der Waals surface area (Å²) >= 11 is 0. The summed E-state index contributed by atoms with van der Waals surface area (Å²) in [4.78, 5) is 25.2. The summed E-state index contributed by atoms with van der Waals surface area (Å²) in [7, 11) is 0. The molecule has 2 heterocycles. The highest BCUT2D eigenvalue weighted by Gasteiger charge is 2.17. The number of carbonyl (C=O) groups is 1. The first-order valence-corrected chi connectivity index (χ1v) is 9.33. The van der Waals surface area contributed by atoms with E-state index < -0.39 is 5.91 Å². The van der Waals surface area contributed by atoms with Gasteiger partial charge in [0, 0.05) is 17.5 Å². The molecule has 1 aromatic heterocycles. The number of benzene rings is 2. The second-order valence-corrected chi connectivity index (χ2v) is 6.51. The van der Waals surface area contributed by atoms with E-state index in [1.54, 1.807) is 38.1 Å². The highest BCUT2D eigenvalue weighted by molar-refractivity contribution is 6.06. The molecule has 0 fully saturated rings. The van der Waals surface area contributed by atoms with E-state index in [-0.39, 0.29) is 11.3 Å². The monoisotopic (exact) mass is 392 g/mol. The van der Waals surface area contributed by atoms with Crippen molar-refractivity contribution >= 4 is 22.4 Å². The highest BCUT2D eigenvalue weighted by Crippen LogP contribution is 2.30. The molecule has 0 radical (unpaired) electrons. The first-order valence-electron chi connectivity index (χ1n) is 9.33. The number of carbonyl (C=O) groups excluding carboxylic acids is 1. The number of nitrogens with one attached hydrogen (secondary N) is 1. The van der Waals surface area contributed by atoms with Gasteiger partial charge in [0.25, 0.3) is 11.5 Å². The number of hydrazone groups is 1. The maximum atomic E-state index is 12.8. The molecule has 29 heavy (non-hydrogen) atoms. The van der Waals surface area contributed by atoms with Crippen LogP contribution in [-0.2, 0) is 6.54 Å². The van der Waals surface area contributed by atoms with Crippen molar-refractivity contribution in [2.45, 2.75) is 20.4 Å². The zero-order valence-electron chi connectivity index (χ0n) is 16.1. The Bertz CT molecular complexity index is 1180. The molecule has 0 aliphatic carbocycles. The number of fused-ring (bicyclic) bond motifs is 2. The smallest absolute Gasteiger partial charge is 0.292 e. The van der Waals surface area contributed by atoms with Gasteiger partial charge in [0.1, 0.15) is 13.2 Å². The van der Waals surface area contributed by atoms with Crippen molar-refractivity contribution in [1.82, 2.24) is 15.2 Å². The standard InChI is InChI=1S/C21H20N4O4/c1-3-25-21(27)16-7-5-4-6-15(16)19(24-25)20(26)23-22-13(2)14-8-9-17-18(12-14)29-11-10-28-17/h4-9,12H,3,10-11H2,1-2H3,(H,23,26)/b22-13-. The molecule has 2 aromatic carbocycles. The Hall–Kier alpha value is -3.68. The number of rotatable bonds is 4. The predicted octanol–water partition coefficient (Wildman–Crippen LogP) is 2.34. The van der Waals surface area contributed by atoms with Gasteiger partial charge in [-0.1, -0.05) is 18.2 Å². The Balaban J connectivity index is 1.63. The lowest BCUT2D eigenvalue weighted by atomic mass is 10.1. The number of amides is 1. The average molecular weight is 392 g/mol. The number of aromatic nitrogens is 2. The van der Waals surface area contributed by atoms with E-state index in [2.05, 4.69) is 15.6 Å². The maximum absolute atomic E-state index is 12.8. The first kappa shape index (κ1) is 18.7. The van der Waals surface area contributed by atoms with Gasteiger partial charge in [-0.15, -0.1) is 0 Å². The molecule has 0 saturated heterocycles. The van der Waals surface area contributed by atoms with Crippen LogP contribution in [0.3, 0.4) is 0 Å². The lowest BCUT2D eigenvalue weighted by molar-refractivity contribution is 0.0949. The Kier molecular flexibility index (Phi) is 4.99. The second kappa shape index (κ2) is 7.75. The van der Waals surface area contributed by atoms with Crippen LogP contribution in [-0.4, -0.2) is 34.6 Å². The molecule has 1 amide bonds. The van der Waals surface area contributed by atoms with Gasteiger partial charge in [-0.2, -0.15) is 10.2 Å². The number of hydrogen-bond donors (Lipinski definition) is 1. The summed E-state index contributed by atoms with van der Waals surface area (Å²) in [6.07, 6.45) is 0. The van der Waals surface area contributed by atoms with Crippen LogP contribution in [0, 0.1) is 0 Å². The van der Waals surface area contributed by atoms with Gasteiger partial charge < -0.3 is 9.47 Å². The molecule has 3 aromatic rings. The van der Waals surface area contributed by atoms with Crippen molar-refractivity contribution in [3.05, 3.63) is 64.1 Å². The molecule has 0 atom stereocenters. The lowest BCUT2D eigenvalue weighted by Gasteiger charge is -2.18. The average Bonchev–Trinajstić information content (AvgIpc) is 2.77. The fourth-order valence-corrected chi connectivity index (χ4v) is 3.14. The van der Waals surface area contributed by atoms with Crippen molar-refractivity contribution in [2.75, 3.05) is 13.2 Å². The summed E-state index contributed by atoms with van der Waals surface area (Å²) in [6, 6.07) is 12.4. The van der Waals surface area contributed by atoms with Crippen molar-refractivity contribution in [1.29, 1.82) is 0 Å². The third kappa shape index (κ3) is 3.56. The SMILES string of the molecule is CCn1nc(C(=O)N/N=C(/C)c2ccc3c(c2)OCCO3)c2ccccc2c1=O. The molecule has 1 aliphatic heterocycles. The highest BCUT2D eigenvalue weighted by atomic mass is 16.6. The van der Waals surface area contributed by atoms with E-state index in [4.69, 9.17) is 9.47 Å². The topological polar surface area (TPSA) is 94.8 Å². The van der Waals surface area contributed by atoms with Gasteiger partial charge in [0.05, 0.1) is 11.1 Å². The predicted molar refractivity (Wildman–Crippen MR) is 109 cm³/mol. The molecule has 0 bridgehead atoms. The van der Waals surface area contributed by atoms with Gasteiger partial charge in [-0.25, -0.2) is 10.1 Å². The van der Waals surface area contributed by atoms with Crippen LogP contribution in [0.25, 0.3) is 10.8 Å². The van der Waals surface area contributed by atoms with Gasteiger partial charge in [-0.05, 0) is 38.1 Å². The molecule has 148 valence electrons. The largest absolute Gasteiger partial charge is 0.486 e. The van der Waals surface area contributed by atoms with Crippen LogP contribution in [0.1, 0.15) is 29.9 Å². The molecule has 0 unspecified atom stereocenters. The minimum Gasteiger partial charge on any atom is -0.486 e. The summed E-state index contributed by atoms with van der Waals surface area (Å²) in [5.74, 6) is 0.854. The number of ether oxygens (including phenoxy) is 2. The van der Waals surface area contributed by atoms with Crippen LogP contribution in [0.5, 0.6) is 11.5 Å². The van der Waals surface area contributed by atoms with Crippen LogP contribution >= 0.6 is 0 Å². The quantitative estimate of drug-likeness (QED) is 0.543. The molecule has 1 aliphatic rings. The zero-order chi connectivity index (χ0) is 20.4. The minimum absolute atomic E-state index is 0.153. The first-order chi connectivity index (χ1) is 14.1. The Morgan fingerprint density at radius 2 is 1.86 bits per heavy atom. The molecule has 4 rings (SSSR count). The summed E-state index contributed by atoms with van der Waals surface area (Å²) in [5, 5.41) is 9.35.